The summed E-state index contributed by atoms with van der Waals surface area (Å²) in [7, 11) is 0. The van der Waals surface area contributed by atoms with E-state index >= 15 is 0 Å². The summed E-state index contributed by atoms with van der Waals surface area (Å²) in [4.78, 5) is 25.7. The molecule has 0 unspecified atom stereocenters. The summed E-state index contributed by atoms with van der Waals surface area (Å²) in [5, 5.41) is 2.87. The van der Waals surface area contributed by atoms with Crippen LogP contribution in [0.1, 0.15) is 37.0 Å². The first-order valence-corrected chi connectivity index (χ1v) is 8.29. The van der Waals surface area contributed by atoms with Gasteiger partial charge in [-0.3, -0.25) is 14.5 Å². The molecule has 1 aliphatic rings. The molecule has 0 bridgehead atoms. The summed E-state index contributed by atoms with van der Waals surface area (Å²) in [6, 6.07) is 7.06. The molecule has 1 fully saturated rings. The van der Waals surface area contributed by atoms with Crippen LogP contribution in [-0.2, 0) is 9.53 Å². The number of hydrogen-bond donors (Lipinski definition) is 1. The Bertz CT molecular complexity index is 537. The van der Waals surface area contributed by atoms with E-state index in [9.17, 15) is 9.59 Å². The van der Waals surface area contributed by atoms with Gasteiger partial charge in [0, 0.05) is 24.5 Å². The molecule has 5 heteroatoms. The number of Topliss-reactive ketones (excluding diaryl/α,β-unsaturated/α-hetero) is 1. The minimum absolute atomic E-state index is 0.00234. The van der Waals surface area contributed by atoms with Gasteiger partial charge in [0.15, 0.2) is 5.78 Å². The lowest BCUT2D eigenvalue weighted by Gasteiger charge is -2.31. The van der Waals surface area contributed by atoms with E-state index < -0.39 is 0 Å². The maximum Gasteiger partial charge on any atom is 0.238 e. The number of benzene rings is 1. The Morgan fingerprint density at radius 2 is 2.04 bits per heavy atom. The monoisotopic (exact) mass is 318 g/mol. The molecule has 5 nitrogen and oxygen atoms in total. The number of anilines is 1. The second-order valence-electron chi connectivity index (χ2n) is 6.06. The van der Waals surface area contributed by atoms with Gasteiger partial charge in [-0.1, -0.05) is 12.1 Å². The molecule has 1 saturated heterocycles. The van der Waals surface area contributed by atoms with E-state index in [-0.39, 0.29) is 11.7 Å². The van der Waals surface area contributed by atoms with Gasteiger partial charge in [-0.2, -0.15) is 0 Å². The van der Waals surface area contributed by atoms with Gasteiger partial charge in [0.05, 0.1) is 6.54 Å². The van der Waals surface area contributed by atoms with Crippen molar-refractivity contribution >= 4 is 17.4 Å². The zero-order valence-corrected chi connectivity index (χ0v) is 14.0. The summed E-state index contributed by atoms with van der Waals surface area (Å²) in [6.07, 6.45) is 2.15. The Kier molecular flexibility index (Phi) is 6.74. The Labute approximate surface area is 138 Å². The summed E-state index contributed by atoms with van der Waals surface area (Å²) < 4.78 is 5.47. The van der Waals surface area contributed by atoms with Crippen molar-refractivity contribution in [3.05, 3.63) is 29.8 Å². The van der Waals surface area contributed by atoms with E-state index in [1.54, 1.807) is 24.3 Å². The number of amides is 1. The maximum absolute atomic E-state index is 12.2. The molecule has 0 aromatic heterocycles. The molecule has 23 heavy (non-hydrogen) atoms. The lowest BCUT2D eigenvalue weighted by molar-refractivity contribution is -0.117. The number of piperidine rings is 1. The van der Waals surface area contributed by atoms with Crippen molar-refractivity contribution in [3.8, 4) is 0 Å². The van der Waals surface area contributed by atoms with E-state index in [1.165, 1.54) is 6.92 Å². The number of rotatable bonds is 7. The molecule has 0 aliphatic carbocycles. The fourth-order valence-corrected chi connectivity index (χ4v) is 2.82. The fourth-order valence-electron chi connectivity index (χ4n) is 2.82. The molecule has 126 valence electrons. The largest absolute Gasteiger partial charge is 0.381 e. The van der Waals surface area contributed by atoms with Crippen LogP contribution in [0.4, 0.5) is 5.69 Å². The van der Waals surface area contributed by atoms with Crippen LogP contribution >= 0.6 is 0 Å². The SMILES string of the molecule is CCOCC1CCN(CC(=O)Nc2cccc(C(C)=O)c2)CC1. The zero-order valence-electron chi connectivity index (χ0n) is 14.0. The van der Waals surface area contributed by atoms with Crippen molar-refractivity contribution in [2.45, 2.75) is 26.7 Å². The van der Waals surface area contributed by atoms with Crippen LogP contribution in [0.2, 0.25) is 0 Å². The third-order valence-corrected chi connectivity index (χ3v) is 4.18. The number of ether oxygens (including phenoxy) is 1. The molecule has 1 aliphatic heterocycles. The summed E-state index contributed by atoms with van der Waals surface area (Å²) >= 11 is 0. The highest BCUT2D eigenvalue weighted by Gasteiger charge is 2.20. The number of nitrogens with one attached hydrogen (secondary N) is 1. The third kappa shape index (κ3) is 5.77. The van der Waals surface area contributed by atoms with Crippen LogP contribution in [-0.4, -0.2) is 49.4 Å². The number of ketones is 1. The summed E-state index contributed by atoms with van der Waals surface area (Å²) in [6.45, 7) is 7.38. The van der Waals surface area contributed by atoms with E-state index in [2.05, 4.69) is 10.2 Å². The van der Waals surface area contributed by atoms with Gasteiger partial charge in [0.1, 0.15) is 0 Å². The number of carbonyl (C=O) groups is 2. The first kappa shape index (κ1) is 17.6. The van der Waals surface area contributed by atoms with Crippen molar-refractivity contribution in [3.63, 3.8) is 0 Å². The molecule has 0 radical (unpaired) electrons. The number of nitrogens with zero attached hydrogens (tertiary/aromatic N) is 1. The molecule has 1 N–H and O–H groups in total. The molecular formula is C18H26N2O3. The zero-order chi connectivity index (χ0) is 16.7. The third-order valence-electron chi connectivity index (χ3n) is 4.18. The minimum atomic E-state index is -0.0334. The fraction of sp³-hybridized carbons (Fsp3) is 0.556. The quantitative estimate of drug-likeness (QED) is 0.785. The highest BCUT2D eigenvalue weighted by molar-refractivity contribution is 5.97. The maximum atomic E-state index is 12.2. The van der Waals surface area contributed by atoms with Gasteiger partial charge >= 0.3 is 0 Å². The van der Waals surface area contributed by atoms with Gasteiger partial charge in [0.25, 0.3) is 0 Å². The number of likely N-dealkylation sites (tertiary alicyclic amines) is 1. The van der Waals surface area contributed by atoms with E-state index in [0.717, 1.165) is 39.1 Å². The lowest BCUT2D eigenvalue weighted by atomic mass is 9.98. The van der Waals surface area contributed by atoms with Gasteiger partial charge in [-0.15, -0.1) is 0 Å². The predicted molar refractivity (Wildman–Crippen MR) is 90.7 cm³/mol. The minimum Gasteiger partial charge on any atom is -0.381 e. The van der Waals surface area contributed by atoms with Crippen molar-refractivity contribution < 1.29 is 14.3 Å². The van der Waals surface area contributed by atoms with Crippen LogP contribution in [0, 0.1) is 5.92 Å². The van der Waals surface area contributed by atoms with Crippen LogP contribution in [0.25, 0.3) is 0 Å². The highest BCUT2D eigenvalue weighted by atomic mass is 16.5. The van der Waals surface area contributed by atoms with Crippen molar-refractivity contribution in [1.29, 1.82) is 0 Å². The average Bonchev–Trinajstić information content (AvgIpc) is 2.54. The van der Waals surface area contributed by atoms with Gasteiger partial charge < -0.3 is 10.1 Å². The van der Waals surface area contributed by atoms with Crippen molar-refractivity contribution in [2.75, 3.05) is 38.2 Å². The van der Waals surface area contributed by atoms with Crippen LogP contribution in [0.5, 0.6) is 0 Å². The van der Waals surface area contributed by atoms with Crippen molar-refractivity contribution in [2.24, 2.45) is 5.92 Å². The topological polar surface area (TPSA) is 58.6 Å². The molecule has 1 aromatic carbocycles. The van der Waals surface area contributed by atoms with E-state index in [0.29, 0.717) is 23.7 Å². The Morgan fingerprint density at radius 1 is 1.30 bits per heavy atom. The molecule has 2 rings (SSSR count). The molecule has 0 spiro atoms. The smallest absolute Gasteiger partial charge is 0.238 e. The van der Waals surface area contributed by atoms with Crippen LogP contribution in [0.15, 0.2) is 24.3 Å². The van der Waals surface area contributed by atoms with Gasteiger partial charge in [-0.25, -0.2) is 0 Å². The lowest BCUT2D eigenvalue weighted by Crippen LogP contribution is -2.40. The molecule has 1 aromatic rings. The molecule has 1 amide bonds. The Balaban J connectivity index is 1.77. The van der Waals surface area contributed by atoms with Gasteiger partial charge in [0.2, 0.25) is 5.91 Å². The average molecular weight is 318 g/mol. The summed E-state index contributed by atoms with van der Waals surface area (Å²) in [5.74, 6) is 0.577. The van der Waals surface area contributed by atoms with Crippen molar-refractivity contribution in [1.82, 2.24) is 4.90 Å². The second kappa shape index (κ2) is 8.79. The second-order valence-corrected chi connectivity index (χ2v) is 6.06. The predicted octanol–water partition coefficient (Wildman–Crippen LogP) is 2.58. The normalized spacial score (nSPS) is 16.3. The van der Waals surface area contributed by atoms with Crippen LogP contribution < -0.4 is 5.32 Å². The Hall–Kier alpha value is -1.72. The first-order valence-electron chi connectivity index (χ1n) is 8.29. The van der Waals surface area contributed by atoms with E-state index in [1.807, 2.05) is 6.92 Å². The molecule has 0 saturated carbocycles. The van der Waals surface area contributed by atoms with Gasteiger partial charge in [-0.05, 0) is 57.8 Å². The molecular weight excluding hydrogens is 292 g/mol. The molecule has 1 heterocycles. The van der Waals surface area contributed by atoms with Crippen LogP contribution in [0.3, 0.4) is 0 Å². The number of carbonyl (C=O) groups excluding carboxylic acids is 2. The van der Waals surface area contributed by atoms with E-state index in [4.69, 9.17) is 4.74 Å². The molecule has 0 atom stereocenters. The summed E-state index contributed by atoms with van der Waals surface area (Å²) in [5.41, 5.74) is 1.29. The highest BCUT2D eigenvalue weighted by Crippen LogP contribution is 2.17. The standard InChI is InChI=1S/C18H26N2O3/c1-3-23-13-15-7-9-20(10-8-15)12-18(22)19-17-6-4-5-16(11-17)14(2)21/h4-6,11,15H,3,7-10,12-13H2,1-2H3,(H,19,22). The first-order chi connectivity index (χ1) is 11.1. The Morgan fingerprint density at radius 3 is 2.70 bits per heavy atom. The number of hydrogen-bond acceptors (Lipinski definition) is 4.